The van der Waals surface area contributed by atoms with Gasteiger partial charge in [0.15, 0.2) is 0 Å². The summed E-state index contributed by atoms with van der Waals surface area (Å²) >= 11 is 0. The van der Waals surface area contributed by atoms with Crippen LogP contribution in [-0.4, -0.2) is 48.4 Å². The Labute approximate surface area is 125 Å². The van der Waals surface area contributed by atoms with Gasteiger partial charge in [0, 0.05) is 20.0 Å². The molecule has 1 aromatic rings. The highest BCUT2D eigenvalue weighted by molar-refractivity contribution is 7.89. The molecule has 2 heterocycles. The molecule has 1 aliphatic rings. The highest BCUT2D eigenvalue weighted by Crippen LogP contribution is 2.24. The summed E-state index contributed by atoms with van der Waals surface area (Å²) < 4.78 is 37.3. The molecule has 0 spiro atoms. The molecule has 0 N–H and O–H groups in total. The van der Waals surface area contributed by atoms with Crippen molar-refractivity contribution in [3.8, 4) is 0 Å². The zero-order valence-electron chi connectivity index (χ0n) is 12.8. The summed E-state index contributed by atoms with van der Waals surface area (Å²) in [7, 11) is -3.28. The summed E-state index contributed by atoms with van der Waals surface area (Å²) in [4.78, 5) is 0. The van der Waals surface area contributed by atoms with Crippen LogP contribution in [0.3, 0.4) is 0 Å². The van der Waals surface area contributed by atoms with Crippen LogP contribution in [0.1, 0.15) is 44.6 Å². The zero-order valence-corrected chi connectivity index (χ0v) is 13.6. The van der Waals surface area contributed by atoms with E-state index in [2.05, 4.69) is 17.1 Å². The minimum absolute atomic E-state index is 0.159. The van der Waals surface area contributed by atoms with Crippen LogP contribution < -0.4 is 0 Å². The average molecular weight is 317 g/mol. The molecule has 2 rings (SSSR count). The molecule has 1 saturated heterocycles. The first-order chi connectivity index (χ1) is 9.92. The molecule has 0 aliphatic carbocycles. The van der Waals surface area contributed by atoms with Crippen LogP contribution in [0.2, 0.25) is 0 Å². The molecule has 21 heavy (non-hydrogen) atoms. The maximum atomic E-state index is 12.5. The van der Waals surface area contributed by atoms with Crippen molar-refractivity contribution < 1.29 is 17.6 Å². The van der Waals surface area contributed by atoms with Gasteiger partial charge < -0.3 is 9.15 Å². The number of aryl methyl sites for hydroxylation is 1. The van der Waals surface area contributed by atoms with Gasteiger partial charge in [0.05, 0.1) is 12.4 Å². The third kappa shape index (κ3) is 4.24. The van der Waals surface area contributed by atoms with E-state index >= 15 is 0 Å². The fraction of sp³-hybridized carbons (Fsp3) is 0.846. The van der Waals surface area contributed by atoms with Crippen LogP contribution in [0.4, 0.5) is 0 Å². The fourth-order valence-corrected chi connectivity index (χ4v) is 4.32. The van der Waals surface area contributed by atoms with Crippen molar-refractivity contribution in [3.63, 3.8) is 0 Å². The Morgan fingerprint density at radius 1 is 1.43 bits per heavy atom. The van der Waals surface area contributed by atoms with Crippen molar-refractivity contribution in [2.75, 3.05) is 25.4 Å². The van der Waals surface area contributed by atoms with E-state index in [1.54, 1.807) is 6.92 Å². The molecule has 0 bridgehead atoms. The monoisotopic (exact) mass is 317 g/mol. The first kappa shape index (κ1) is 16.4. The van der Waals surface area contributed by atoms with Gasteiger partial charge in [-0.25, -0.2) is 8.42 Å². The van der Waals surface area contributed by atoms with E-state index < -0.39 is 16.1 Å². The number of morpholine rings is 1. The molecule has 0 radical (unpaired) electrons. The Morgan fingerprint density at radius 2 is 2.19 bits per heavy atom. The Bertz CT molecular complexity index is 558. The molecule has 8 heteroatoms. The number of ether oxygens (including phenoxy) is 1. The van der Waals surface area contributed by atoms with Gasteiger partial charge in [-0.05, 0) is 12.3 Å². The van der Waals surface area contributed by atoms with Crippen LogP contribution in [0, 0.1) is 12.8 Å². The lowest BCUT2D eigenvalue weighted by Gasteiger charge is -2.31. The topological polar surface area (TPSA) is 85.5 Å². The van der Waals surface area contributed by atoms with E-state index in [0.717, 1.165) is 12.8 Å². The number of hydrogen-bond donors (Lipinski definition) is 0. The second-order valence-electron chi connectivity index (χ2n) is 5.55. The summed E-state index contributed by atoms with van der Waals surface area (Å²) in [6.07, 6.45) is 1.43. The second-order valence-corrected chi connectivity index (χ2v) is 7.56. The summed E-state index contributed by atoms with van der Waals surface area (Å²) in [5.74, 6) is 1.13. The SMILES string of the molecule is CCC[C@H](C)CS(=O)(=O)N1CCO[C@H](c2nnc(C)o2)C1. The van der Waals surface area contributed by atoms with Gasteiger partial charge in [-0.15, -0.1) is 10.2 Å². The summed E-state index contributed by atoms with van der Waals surface area (Å²) in [5, 5.41) is 7.67. The van der Waals surface area contributed by atoms with E-state index in [9.17, 15) is 8.42 Å². The van der Waals surface area contributed by atoms with Crippen molar-refractivity contribution in [1.82, 2.24) is 14.5 Å². The summed E-state index contributed by atoms with van der Waals surface area (Å²) in [5.41, 5.74) is 0. The van der Waals surface area contributed by atoms with Gasteiger partial charge >= 0.3 is 0 Å². The molecule has 0 unspecified atom stereocenters. The molecule has 2 atom stereocenters. The van der Waals surface area contributed by atoms with Crippen molar-refractivity contribution in [2.24, 2.45) is 5.92 Å². The van der Waals surface area contributed by atoms with Crippen LogP contribution in [0.15, 0.2) is 4.42 Å². The number of hydrogen-bond acceptors (Lipinski definition) is 6. The van der Waals surface area contributed by atoms with E-state index in [1.165, 1.54) is 4.31 Å². The van der Waals surface area contributed by atoms with E-state index in [1.807, 2.05) is 6.92 Å². The third-order valence-corrected chi connectivity index (χ3v) is 5.62. The van der Waals surface area contributed by atoms with Crippen molar-refractivity contribution in [2.45, 2.75) is 39.7 Å². The van der Waals surface area contributed by atoms with Crippen LogP contribution >= 0.6 is 0 Å². The Hall–Kier alpha value is -0.990. The van der Waals surface area contributed by atoms with Gasteiger partial charge in [0.25, 0.3) is 0 Å². The van der Waals surface area contributed by atoms with Crippen molar-refractivity contribution in [3.05, 3.63) is 11.8 Å². The molecule has 0 aromatic carbocycles. The lowest BCUT2D eigenvalue weighted by atomic mass is 10.1. The van der Waals surface area contributed by atoms with Gasteiger partial charge in [-0.3, -0.25) is 0 Å². The lowest BCUT2D eigenvalue weighted by molar-refractivity contribution is -0.0177. The minimum Gasteiger partial charge on any atom is -0.423 e. The maximum absolute atomic E-state index is 12.5. The van der Waals surface area contributed by atoms with Crippen LogP contribution in [0.25, 0.3) is 0 Å². The van der Waals surface area contributed by atoms with E-state index in [-0.39, 0.29) is 18.2 Å². The number of sulfonamides is 1. The maximum Gasteiger partial charge on any atom is 0.246 e. The minimum atomic E-state index is -3.28. The molecule has 1 fully saturated rings. The first-order valence-corrected chi connectivity index (χ1v) is 8.92. The fourth-order valence-electron chi connectivity index (χ4n) is 2.51. The molecule has 0 amide bonds. The van der Waals surface area contributed by atoms with Gasteiger partial charge in [-0.1, -0.05) is 20.3 Å². The van der Waals surface area contributed by atoms with E-state index in [0.29, 0.717) is 24.9 Å². The van der Waals surface area contributed by atoms with Crippen molar-refractivity contribution in [1.29, 1.82) is 0 Å². The molecular formula is C13H23N3O4S. The quantitative estimate of drug-likeness (QED) is 0.790. The predicted molar refractivity (Wildman–Crippen MR) is 77.2 cm³/mol. The Morgan fingerprint density at radius 3 is 2.81 bits per heavy atom. The van der Waals surface area contributed by atoms with Gasteiger partial charge in [0.1, 0.15) is 6.10 Å². The highest BCUT2D eigenvalue weighted by Gasteiger charge is 2.33. The van der Waals surface area contributed by atoms with Crippen LogP contribution in [-0.2, 0) is 14.8 Å². The molecule has 1 aromatic heterocycles. The molecule has 1 aliphatic heterocycles. The Kier molecular flexibility index (Phi) is 5.34. The third-order valence-electron chi connectivity index (χ3n) is 3.52. The zero-order chi connectivity index (χ0) is 15.5. The van der Waals surface area contributed by atoms with Gasteiger partial charge in [0.2, 0.25) is 21.8 Å². The number of nitrogens with zero attached hydrogens (tertiary/aromatic N) is 3. The van der Waals surface area contributed by atoms with Crippen molar-refractivity contribution >= 4 is 10.0 Å². The van der Waals surface area contributed by atoms with Gasteiger partial charge in [-0.2, -0.15) is 4.31 Å². The largest absolute Gasteiger partial charge is 0.423 e. The highest BCUT2D eigenvalue weighted by atomic mass is 32.2. The average Bonchev–Trinajstić information content (AvgIpc) is 2.85. The number of rotatable bonds is 6. The smallest absolute Gasteiger partial charge is 0.246 e. The van der Waals surface area contributed by atoms with E-state index in [4.69, 9.17) is 9.15 Å². The number of aromatic nitrogens is 2. The molecule has 0 saturated carbocycles. The standard InChI is InChI=1S/C13H23N3O4S/c1-4-5-10(2)9-21(17,18)16-6-7-19-12(8-16)13-15-14-11(3)20-13/h10,12H,4-9H2,1-3H3/t10-,12-/m0/s1. The molecule has 7 nitrogen and oxygen atoms in total. The lowest BCUT2D eigenvalue weighted by Crippen LogP contribution is -2.44. The normalized spacial score (nSPS) is 22.3. The summed E-state index contributed by atoms with van der Waals surface area (Å²) in [6, 6.07) is 0. The second kappa shape index (κ2) is 6.85. The van der Waals surface area contributed by atoms with Crippen LogP contribution in [0.5, 0.6) is 0 Å². The molecular weight excluding hydrogens is 294 g/mol. The first-order valence-electron chi connectivity index (χ1n) is 7.31. The Balaban J connectivity index is 2.03. The molecule has 120 valence electrons. The summed E-state index contributed by atoms with van der Waals surface area (Å²) in [6.45, 7) is 6.69. The predicted octanol–water partition coefficient (Wildman–Crippen LogP) is 1.52.